The molecule has 0 amide bonds. The highest BCUT2D eigenvalue weighted by Crippen LogP contribution is 2.34. The van der Waals surface area contributed by atoms with Gasteiger partial charge in [-0.15, -0.1) is 0 Å². The van der Waals surface area contributed by atoms with Crippen LogP contribution >= 0.6 is 23.2 Å². The van der Waals surface area contributed by atoms with Crippen LogP contribution in [-0.2, 0) is 0 Å². The van der Waals surface area contributed by atoms with Crippen molar-refractivity contribution in [2.24, 2.45) is 0 Å². The van der Waals surface area contributed by atoms with Crippen molar-refractivity contribution in [2.75, 3.05) is 7.05 Å². The number of rotatable bonds is 3. The number of aryl methyl sites for hydroxylation is 1. The van der Waals surface area contributed by atoms with Crippen LogP contribution in [-0.4, -0.2) is 7.05 Å². The number of nitrogens with one attached hydrogen (secondary N) is 1. The maximum absolute atomic E-state index is 6.19. The SMILES string of the molecule is CNC(c1ccc(C)o1)c1c(Cl)cccc1Cl. The molecule has 1 aromatic carbocycles. The maximum atomic E-state index is 6.19. The molecular weight excluding hydrogens is 257 g/mol. The highest BCUT2D eigenvalue weighted by Gasteiger charge is 2.20. The second-order valence-electron chi connectivity index (χ2n) is 3.81. The lowest BCUT2D eigenvalue weighted by atomic mass is 10.0. The Hall–Kier alpha value is -0.960. The third-order valence-corrected chi connectivity index (χ3v) is 3.28. The normalized spacial score (nSPS) is 12.7. The van der Waals surface area contributed by atoms with E-state index in [0.29, 0.717) is 10.0 Å². The Morgan fingerprint density at radius 3 is 2.24 bits per heavy atom. The van der Waals surface area contributed by atoms with Crippen LogP contribution in [0.25, 0.3) is 0 Å². The molecule has 0 aliphatic rings. The van der Waals surface area contributed by atoms with Gasteiger partial charge in [0, 0.05) is 15.6 Å². The molecule has 0 radical (unpaired) electrons. The largest absolute Gasteiger partial charge is 0.464 e. The predicted octanol–water partition coefficient (Wildman–Crippen LogP) is 4.20. The van der Waals surface area contributed by atoms with Gasteiger partial charge in [0.05, 0.1) is 6.04 Å². The molecule has 0 aliphatic carbocycles. The molecule has 0 saturated carbocycles. The first-order valence-electron chi connectivity index (χ1n) is 5.31. The summed E-state index contributed by atoms with van der Waals surface area (Å²) in [6.45, 7) is 1.91. The van der Waals surface area contributed by atoms with Crippen LogP contribution in [0.15, 0.2) is 34.7 Å². The van der Waals surface area contributed by atoms with Gasteiger partial charge in [-0.1, -0.05) is 29.3 Å². The summed E-state index contributed by atoms with van der Waals surface area (Å²) in [5, 5.41) is 4.43. The summed E-state index contributed by atoms with van der Waals surface area (Å²) in [5.74, 6) is 1.67. The highest BCUT2D eigenvalue weighted by molar-refractivity contribution is 6.36. The molecule has 0 bridgehead atoms. The first-order chi connectivity index (χ1) is 8.13. The minimum Gasteiger partial charge on any atom is -0.464 e. The Morgan fingerprint density at radius 1 is 1.12 bits per heavy atom. The predicted molar refractivity (Wildman–Crippen MR) is 70.8 cm³/mol. The summed E-state index contributed by atoms with van der Waals surface area (Å²) >= 11 is 12.4. The first kappa shape index (κ1) is 12.5. The topological polar surface area (TPSA) is 25.2 Å². The number of halogens is 2. The summed E-state index contributed by atoms with van der Waals surface area (Å²) in [6, 6.07) is 9.19. The molecule has 90 valence electrons. The van der Waals surface area contributed by atoms with Crippen LogP contribution in [0.1, 0.15) is 23.1 Å². The Balaban J connectivity index is 2.49. The molecule has 1 heterocycles. The number of hydrogen-bond acceptors (Lipinski definition) is 2. The third-order valence-electron chi connectivity index (χ3n) is 2.62. The van der Waals surface area contributed by atoms with E-state index in [9.17, 15) is 0 Å². The molecule has 2 nitrogen and oxygen atoms in total. The number of hydrogen-bond donors (Lipinski definition) is 1. The van der Waals surface area contributed by atoms with E-state index in [1.807, 2.05) is 44.3 Å². The van der Waals surface area contributed by atoms with Crippen molar-refractivity contribution in [3.63, 3.8) is 0 Å². The van der Waals surface area contributed by atoms with Gasteiger partial charge in [-0.3, -0.25) is 0 Å². The fourth-order valence-corrected chi connectivity index (χ4v) is 2.44. The Labute approximate surface area is 111 Å². The molecular formula is C13H13Cl2NO. The van der Waals surface area contributed by atoms with E-state index < -0.39 is 0 Å². The van der Waals surface area contributed by atoms with Crippen molar-refractivity contribution in [2.45, 2.75) is 13.0 Å². The van der Waals surface area contributed by atoms with Gasteiger partial charge in [0.2, 0.25) is 0 Å². The van der Waals surface area contributed by atoms with Crippen molar-refractivity contribution in [1.29, 1.82) is 0 Å². The molecule has 0 saturated heterocycles. The second-order valence-corrected chi connectivity index (χ2v) is 4.62. The van der Waals surface area contributed by atoms with Crippen LogP contribution in [0.5, 0.6) is 0 Å². The summed E-state index contributed by atoms with van der Waals surface area (Å²) in [5.41, 5.74) is 0.840. The minimum atomic E-state index is -0.134. The minimum absolute atomic E-state index is 0.134. The zero-order valence-electron chi connectivity index (χ0n) is 9.63. The lowest BCUT2D eigenvalue weighted by Gasteiger charge is -2.17. The molecule has 1 unspecified atom stereocenters. The van der Waals surface area contributed by atoms with E-state index in [2.05, 4.69) is 5.32 Å². The Morgan fingerprint density at radius 2 is 1.76 bits per heavy atom. The van der Waals surface area contributed by atoms with Crippen molar-refractivity contribution in [1.82, 2.24) is 5.32 Å². The van der Waals surface area contributed by atoms with Gasteiger partial charge in [-0.2, -0.15) is 0 Å². The average molecular weight is 270 g/mol. The smallest absolute Gasteiger partial charge is 0.125 e. The van der Waals surface area contributed by atoms with Gasteiger partial charge in [-0.25, -0.2) is 0 Å². The molecule has 2 aromatic rings. The van der Waals surface area contributed by atoms with Crippen LogP contribution in [0, 0.1) is 6.92 Å². The van der Waals surface area contributed by atoms with Gasteiger partial charge in [0.1, 0.15) is 11.5 Å². The zero-order chi connectivity index (χ0) is 12.4. The quantitative estimate of drug-likeness (QED) is 0.904. The number of benzene rings is 1. The van der Waals surface area contributed by atoms with Crippen LogP contribution in [0.2, 0.25) is 10.0 Å². The second kappa shape index (κ2) is 5.13. The van der Waals surface area contributed by atoms with E-state index in [-0.39, 0.29) is 6.04 Å². The molecule has 0 fully saturated rings. The van der Waals surface area contributed by atoms with Gasteiger partial charge in [-0.05, 0) is 38.2 Å². The number of furan rings is 1. The summed E-state index contributed by atoms with van der Waals surface area (Å²) in [6.07, 6.45) is 0. The fourth-order valence-electron chi connectivity index (χ4n) is 1.82. The van der Waals surface area contributed by atoms with Gasteiger partial charge in [0.25, 0.3) is 0 Å². The summed E-state index contributed by atoms with van der Waals surface area (Å²) < 4.78 is 5.62. The van der Waals surface area contributed by atoms with Crippen LogP contribution in [0.3, 0.4) is 0 Å². The monoisotopic (exact) mass is 269 g/mol. The van der Waals surface area contributed by atoms with Gasteiger partial charge < -0.3 is 9.73 Å². The summed E-state index contributed by atoms with van der Waals surface area (Å²) in [4.78, 5) is 0. The first-order valence-corrected chi connectivity index (χ1v) is 6.06. The summed E-state index contributed by atoms with van der Waals surface area (Å²) in [7, 11) is 1.85. The lowest BCUT2D eigenvalue weighted by molar-refractivity contribution is 0.444. The Kier molecular flexibility index (Phi) is 3.77. The molecule has 1 N–H and O–H groups in total. The van der Waals surface area contributed by atoms with E-state index in [0.717, 1.165) is 17.1 Å². The molecule has 17 heavy (non-hydrogen) atoms. The third kappa shape index (κ3) is 2.49. The van der Waals surface area contributed by atoms with Crippen molar-refractivity contribution >= 4 is 23.2 Å². The van der Waals surface area contributed by atoms with E-state index >= 15 is 0 Å². The zero-order valence-corrected chi connectivity index (χ0v) is 11.1. The van der Waals surface area contributed by atoms with Crippen molar-refractivity contribution in [3.8, 4) is 0 Å². The highest BCUT2D eigenvalue weighted by atomic mass is 35.5. The fraction of sp³-hybridized carbons (Fsp3) is 0.231. The molecule has 0 spiro atoms. The Bertz CT molecular complexity index is 502. The van der Waals surface area contributed by atoms with Gasteiger partial charge >= 0.3 is 0 Å². The molecule has 1 aromatic heterocycles. The average Bonchev–Trinajstić information content (AvgIpc) is 2.70. The maximum Gasteiger partial charge on any atom is 0.125 e. The van der Waals surface area contributed by atoms with E-state index in [1.54, 1.807) is 0 Å². The van der Waals surface area contributed by atoms with Gasteiger partial charge in [0.15, 0.2) is 0 Å². The van der Waals surface area contributed by atoms with Crippen molar-refractivity contribution in [3.05, 3.63) is 57.5 Å². The van der Waals surface area contributed by atoms with E-state index in [1.165, 1.54) is 0 Å². The van der Waals surface area contributed by atoms with Crippen LogP contribution in [0.4, 0.5) is 0 Å². The van der Waals surface area contributed by atoms with E-state index in [4.69, 9.17) is 27.6 Å². The molecule has 2 rings (SSSR count). The molecule has 1 atom stereocenters. The molecule has 0 aliphatic heterocycles. The van der Waals surface area contributed by atoms with Crippen molar-refractivity contribution < 1.29 is 4.42 Å². The van der Waals surface area contributed by atoms with Crippen LogP contribution < -0.4 is 5.32 Å². The molecule has 4 heteroatoms. The standard InChI is InChI=1S/C13H13Cl2NO/c1-8-6-7-11(17-8)13(16-2)12-9(14)4-3-5-10(12)15/h3-7,13,16H,1-2H3. The lowest BCUT2D eigenvalue weighted by Crippen LogP contribution is -2.17.